The molecule has 0 aliphatic rings. The molecule has 1 unspecified atom stereocenters. The van der Waals surface area contributed by atoms with Gasteiger partial charge in [-0.15, -0.1) is 0 Å². The number of hydrogen-bond donors (Lipinski definition) is 1. The van der Waals surface area contributed by atoms with Crippen LogP contribution in [0.5, 0.6) is 5.75 Å². The van der Waals surface area contributed by atoms with Gasteiger partial charge in [0.2, 0.25) is 0 Å². The fraction of sp³-hybridized carbons (Fsp3) is 0.200. The Morgan fingerprint density at radius 2 is 1.94 bits per heavy atom. The van der Waals surface area contributed by atoms with Gasteiger partial charge in [-0.2, -0.15) is 12.6 Å². The van der Waals surface area contributed by atoms with Gasteiger partial charge in [-0.1, -0.05) is 41.9 Å². The van der Waals surface area contributed by atoms with E-state index in [4.69, 9.17) is 16.3 Å². The van der Waals surface area contributed by atoms with Crippen molar-refractivity contribution in [1.82, 2.24) is 0 Å². The minimum atomic E-state index is 0.203. The Bertz CT molecular complexity index is 525. The normalized spacial score (nSPS) is 12.2. The summed E-state index contributed by atoms with van der Waals surface area (Å²) in [6.07, 6.45) is 0. The zero-order valence-electron chi connectivity index (χ0n) is 10.1. The molecule has 0 N–H and O–H groups in total. The molecule has 0 amide bonds. The molecular weight excluding hydrogens is 264 g/mol. The zero-order chi connectivity index (χ0) is 13.0. The highest BCUT2D eigenvalue weighted by molar-refractivity contribution is 7.80. The van der Waals surface area contributed by atoms with E-state index in [1.807, 2.05) is 55.5 Å². The van der Waals surface area contributed by atoms with Gasteiger partial charge in [0.15, 0.2) is 0 Å². The smallest absolute Gasteiger partial charge is 0.120 e. The maximum atomic E-state index is 6.08. The van der Waals surface area contributed by atoms with Crippen molar-refractivity contribution in [3.8, 4) is 5.75 Å². The topological polar surface area (TPSA) is 9.23 Å². The maximum absolute atomic E-state index is 6.08. The van der Waals surface area contributed by atoms with E-state index >= 15 is 0 Å². The molecule has 2 rings (SSSR count). The second kappa shape index (κ2) is 6.17. The fourth-order valence-electron chi connectivity index (χ4n) is 1.64. The molecule has 0 aliphatic carbocycles. The van der Waals surface area contributed by atoms with Gasteiger partial charge in [-0.05, 0) is 30.7 Å². The van der Waals surface area contributed by atoms with Gasteiger partial charge in [-0.25, -0.2) is 0 Å². The lowest BCUT2D eigenvalue weighted by Crippen LogP contribution is -1.96. The summed E-state index contributed by atoms with van der Waals surface area (Å²) in [4.78, 5) is 0. The Hall–Kier alpha value is -1.12. The molecule has 0 saturated heterocycles. The third-order valence-corrected chi connectivity index (χ3v) is 3.36. The van der Waals surface area contributed by atoms with E-state index in [1.165, 1.54) is 0 Å². The molecule has 0 radical (unpaired) electrons. The largest absolute Gasteiger partial charge is 0.489 e. The lowest BCUT2D eigenvalue weighted by atomic mass is 10.1. The van der Waals surface area contributed by atoms with E-state index in [0.29, 0.717) is 6.61 Å². The molecule has 1 nitrogen and oxygen atoms in total. The van der Waals surface area contributed by atoms with Crippen LogP contribution in [0.25, 0.3) is 0 Å². The molecule has 2 aromatic rings. The van der Waals surface area contributed by atoms with Crippen LogP contribution in [0.4, 0.5) is 0 Å². The van der Waals surface area contributed by atoms with Gasteiger partial charge in [-0.3, -0.25) is 0 Å². The molecule has 3 heteroatoms. The number of halogens is 1. The summed E-state index contributed by atoms with van der Waals surface area (Å²) in [5.74, 6) is 0.841. The molecule has 0 bridgehead atoms. The van der Waals surface area contributed by atoms with Crippen molar-refractivity contribution >= 4 is 24.2 Å². The quantitative estimate of drug-likeness (QED) is 0.782. The van der Waals surface area contributed by atoms with Crippen molar-refractivity contribution in [2.24, 2.45) is 0 Å². The van der Waals surface area contributed by atoms with Gasteiger partial charge in [0.25, 0.3) is 0 Å². The molecule has 94 valence electrons. The van der Waals surface area contributed by atoms with Crippen LogP contribution in [0, 0.1) is 0 Å². The zero-order valence-corrected chi connectivity index (χ0v) is 11.8. The number of benzene rings is 2. The van der Waals surface area contributed by atoms with Crippen LogP contribution in [-0.4, -0.2) is 0 Å². The maximum Gasteiger partial charge on any atom is 0.120 e. The Kier molecular flexibility index (Phi) is 4.56. The molecule has 1 atom stereocenters. The first-order chi connectivity index (χ1) is 8.66. The van der Waals surface area contributed by atoms with Crippen molar-refractivity contribution in [3.63, 3.8) is 0 Å². The van der Waals surface area contributed by atoms with Crippen LogP contribution in [0.3, 0.4) is 0 Å². The van der Waals surface area contributed by atoms with Gasteiger partial charge in [0.1, 0.15) is 12.4 Å². The van der Waals surface area contributed by atoms with Crippen LogP contribution in [0.1, 0.15) is 23.3 Å². The summed E-state index contributed by atoms with van der Waals surface area (Å²) >= 11 is 10.5. The summed E-state index contributed by atoms with van der Waals surface area (Å²) in [6.45, 7) is 2.51. The minimum absolute atomic E-state index is 0.203. The summed E-state index contributed by atoms with van der Waals surface area (Å²) < 4.78 is 5.75. The van der Waals surface area contributed by atoms with E-state index in [9.17, 15) is 0 Å². The summed E-state index contributed by atoms with van der Waals surface area (Å²) in [5.41, 5.74) is 2.14. The van der Waals surface area contributed by atoms with Crippen LogP contribution >= 0.6 is 24.2 Å². The first kappa shape index (κ1) is 13.3. The monoisotopic (exact) mass is 278 g/mol. The Morgan fingerprint density at radius 3 is 2.67 bits per heavy atom. The molecule has 0 saturated carbocycles. The van der Waals surface area contributed by atoms with Gasteiger partial charge >= 0.3 is 0 Å². The Labute approximate surface area is 118 Å². The average Bonchev–Trinajstić information content (AvgIpc) is 2.38. The SMILES string of the molecule is CC(S)c1cccc(OCc2ccccc2Cl)c1. The van der Waals surface area contributed by atoms with E-state index < -0.39 is 0 Å². The Balaban J connectivity index is 2.07. The summed E-state index contributed by atoms with van der Waals surface area (Å²) in [5, 5.41) is 0.935. The van der Waals surface area contributed by atoms with Crippen LogP contribution in [0.15, 0.2) is 48.5 Å². The Morgan fingerprint density at radius 1 is 1.17 bits per heavy atom. The number of thiol groups is 1. The highest BCUT2D eigenvalue weighted by Gasteiger charge is 2.03. The number of hydrogen-bond acceptors (Lipinski definition) is 2. The summed E-state index contributed by atoms with van der Waals surface area (Å²) in [6, 6.07) is 15.7. The van der Waals surface area contributed by atoms with Crippen LogP contribution in [-0.2, 0) is 6.61 Å². The lowest BCUT2D eigenvalue weighted by Gasteiger charge is -2.10. The predicted octanol–water partition coefficient (Wildman–Crippen LogP) is 4.91. The number of rotatable bonds is 4. The minimum Gasteiger partial charge on any atom is -0.489 e. The molecule has 0 spiro atoms. The fourth-order valence-corrected chi connectivity index (χ4v) is 1.99. The highest BCUT2D eigenvalue weighted by Crippen LogP contribution is 2.24. The van der Waals surface area contributed by atoms with Crippen molar-refractivity contribution in [2.45, 2.75) is 18.8 Å². The molecule has 0 fully saturated rings. The first-order valence-corrected chi connectivity index (χ1v) is 6.70. The van der Waals surface area contributed by atoms with Crippen LogP contribution < -0.4 is 4.74 Å². The standard InChI is InChI=1S/C15H15ClOS/c1-11(18)12-6-4-7-14(9-12)17-10-13-5-2-3-8-15(13)16/h2-9,11,18H,10H2,1H3. The van der Waals surface area contributed by atoms with E-state index in [-0.39, 0.29) is 5.25 Å². The van der Waals surface area contributed by atoms with Crippen LogP contribution in [0.2, 0.25) is 5.02 Å². The lowest BCUT2D eigenvalue weighted by molar-refractivity contribution is 0.306. The molecule has 0 aromatic heterocycles. The average molecular weight is 279 g/mol. The van der Waals surface area contributed by atoms with Gasteiger partial charge in [0, 0.05) is 15.8 Å². The second-order valence-electron chi connectivity index (χ2n) is 4.13. The summed E-state index contributed by atoms with van der Waals surface area (Å²) in [7, 11) is 0. The third kappa shape index (κ3) is 3.44. The van der Waals surface area contributed by atoms with Crippen molar-refractivity contribution < 1.29 is 4.74 Å². The molecule has 2 aromatic carbocycles. The van der Waals surface area contributed by atoms with Crippen molar-refractivity contribution in [1.29, 1.82) is 0 Å². The molecule has 18 heavy (non-hydrogen) atoms. The van der Waals surface area contributed by atoms with Gasteiger partial charge < -0.3 is 4.74 Å². The van der Waals surface area contributed by atoms with E-state index in [2.05, 4.69) is 12.6 Å². The van der Waals surface area contributed by atoms with E-state index in [0.717, 1.165) is 21.9 Å². The second-order valence-corrected chi connectivity index (χ2v) is 5.31. The molecule has 0 heterocycles. The number of ether oxygens (including phenoxy) is 1. The van der Waals surface area contributed by atoms with Crippen molar-refractivity contribution in [3.05, 3.63) is 64.7 Å². The molecule has 0 aliphatic heterocycles. The van der Waals surface area contributed by atoms with E-state index in [1.54, 1.807) is 0 Å². The first-order valence-electron chi connectivity index (χ1n) is 5.81. The predicted molar refractivity (Wildman–Crippen MR) is 79.6 cm³/mol. The van der Waals surface area contributed by atoms with Gasteiger partial charge in [0.05, 0.1) is 0 Å². The third-order valence-electron chi connectivity index (χ3n) is 2.69. The van der Waals surface area contributed by atoms with Crippen molar-refractivity contribution in [2.75, 3.05) is 0 Å². The highest BCUT2D eigenvalue weighted by atomic mass is 35.5. The molecular formula is C15H15ClOS.